The Kier molecular flexibility index (Phi) is 7.14. The number of alkyl halides is 3. The predicted molar refractivity (Wildman–Crippen MR) is 107 cm³/mol. The van der Waals surface area contributed by atoms with E-state index in [1.54, 1.807) is 6.07 Å². The molecular weight excluding hydrogens is 379 g/mol. The minimum Gasteiger partial charge on any atom is -0.360 e. The van der Waals surface area contributed by atoms with Crippen molar-refractivity contribution in [1.82, 2.24) is 5.32 Å². The highest BCUT2D eigenvalue weighted by molar-refractivity contribution is 5.76. The molecule has 1 saturated heterocycles. The molecule has 2 aromatic carbocycles. The van der Waals surface area contributed by atoms with Crippen LogP contribution in [0.5, 0.6) is 0 Å². The van der Waals surface area contributed by atoms with E-state index in [9.17, 15) is 18.0 Å². The zero-order valence-corrected chi connectivity index (χ0v) is 16.3. The Morgan fingerprint density at radius 3 is 2.45 bits per heavy atom. The highest BCUT2D eigenvalue weighted by Crippen LogP contribution is 2.31. The van der Waals surface area contributed by atoms with Crippen LogP contribution in [0.1, 0.15) is 17.5 Å². The summed E-state index contributed by atoms with van der Waals surface area (Å²) < 4.78 is 38.7. The van der Waals surface area contributed by atoms with Crippen molar-refractivity contribution < 1.29 is 22.9 Å². The third kappa shape index (κ3) is 6.49. The molecule has 1 fully saturated rings. The molecule has 0 radical (unpaired) electrons. The largest absolute Gasteiger partial charge is 0.416 e. The number of amides is 1. The van der Waals surface area contributed by atoms with Crippen LogP contribution >= 0.6 is 0 Å². The lowest BCUT2D eigenvalue weighted by atomic mass is 10.1. The van der Waals surface area contributed by atoms with E-state index >= 15 is 0 Å². The van der Waals surface area contributed by atoms with Crippen LogP contribution in [0.15, 0.2) is 54.6 Å². The third-order valence-corrected chi connectivity index (χ3v) is 5.23. The van der Waals surface area contributed by atoms with Crippen molar-refractivity contribution in [3.8, 4) is 0 Å². The number of rotatable bonds is 7. The molecule has 3 rings (SSSR count). The molecule has 2 N–H and O–H groups in total. The van der Waals surface area contributed by atoms with E-state index in [-0.39, 0.29) is 5.91 Å². The van der Waals surface area contributed by atoms with Crippen LogP contribution in [0, 0.1) is 0 Å². The number of aryl methyl sites for hydroxylation is 1. The van der Waals surface area contributed by atoms with Crippen molar-refractivity contribution in [3.63, 3.8) is 0 Å². The zero-order chi connectivity index (χ0) is 20.7. The molecule has 0 spiro atoms. The number of carbonyl (C=O) groups excluding carboxylic acids is 1. The highest BCUT2D eigenvalue weighted by atomic mass is 19.4. The maximum absolute atomic E-state index is 12.9. The molecule has 1 amide bonds. The fourth-order valence-corrected chi connectivity index (χ4v) is 3.59. The monoisotopic (exact) mass is 406 g/mol. The summed E-state index contributed by atoms with van der Waals surface area (Å²) in [5.41, 5.74) is 1.22. The van der Waals surface area contributed by atoms with Gasteiger partial charge in [0.1, 0.15) is 0 Å². The first-order valence-corrected chi connectivity index (χ1v) is 9.98. The Bertz CT molecular complexity index is 787. The van der Waals surface area contributed by atoms with E-state index in [1.807, 2.05) is 23.1 Å². The van der Waals surface area contributed by atoms with Gasteiger partial charge in [-0.1, -0.05) is 36.4 Å². The first-order valence-electron chi connectivity index (χ1n) is 9.98. The minimum absolute atomic E-state index is 0.0283. The van der Waals surface area contributed by atoms with Crippen molar-refractivity contribution in [2.24, 2.45) is 0 Å². The van der Waals surface area contributed by atoms with E-state index in [4.69, 9.17) is 0 Å². The summed E-state index contributed by atoms with van der Waals surface area (Å²) in [5.74, 6) is 0.0283. The molecule has 7 heteroatoms. The standard InChI is InChI=1S/C22H26F3N3O/c23-22(24,25)19-9-4-10-20(16-19)28-14-12-27(13-15-28)17-21(29)26-11-5-8-18-6-2-1-3-7-18/h1-4,6-7,9-10,16H,5,8,11-15,17H2,(H,26,29)/p+1. The van der Waals surface area contributed by atoms with Gasteiger partial charge < -0.3 is 15.1 Å². The Morgan fingerprint density at radius 1 is 1.03 bits per heavy atom. The number of benzene rings is 2. The van der Waals surface area contributed by atoms with Crippen molar-refractivity contribution in [2.45, 2.75) is 19.0 Å². The summed E-state index contributed by atoms with van der Waals surface area (Å²) >= 11 is 0. The Balaban J connectivity index is 1.38. The summed E-state index contributed by atoms with van der Waals surface area (Å²) in [5, 5.41) is 2.97. The van der Waals surface area contributed by atoms with Crippen LogP contribution in [-0.2, 0) is 17.4 Å². The number of quaternary nitrogens is 1. The molecule has 0 aliphatic carbocycles. The molecule has 1 heterocycles. The van der Waals surface area contributed by atoms with E-state index in [0.717, 1.165) is 36.9 Å². The van der Waals surface area contributed by atoms with Gasteiger partial charge in [0.05, 0.1) is 31.7 Å². The van der Waals surface area contributed by atoms with Gasteiger partial charge in [-0.25, -0.2) is 0 Å². The summed E-state index contributed by atoms with van der Waals surface area (Å²) in [6.45, 7) is 3.79. The maximum Gasteiger partial charge on any atom is 0.416 e. The second-order valence-electron chi connectivity index (χ2n) is 7.40. The Morgan fingerprint density at radius 2 is 1.76 bits per heavy atom. The maximum atomic E-state index is 12.9. The lowest BCUT2D eigenvalue weighted by molar-refractivity contribution is -0.892. The first-order chi connectivity index (χ1) is 13.9. The average molecular weight is 406 g/mol. The van der Waals surface area contributed by atoms with Crippen LogP contribution in [0.3, 0.4) is 0 Å². The lowest BCUT2D eigenvalue weighted by Crippen LogP contribution is -3.15. The molecule has 156 valence electrons. The second kappa shape index (κ2) is 9.78. The van der Waals surface area contributed by atoms with Crippen LogP contribution in [0.2, 0.25) is 0 Å². The molecule has 0 atom stereocenters. The number of piperazine rings is 1. The molecule has 0 unspecified atom stereocenters. The zero-order valence-electron chi connectivity index (χ0n) is 16.3. The van der Waals surface area contributed by atoms with E-state index < -0.39 is 11.7 Å². The molecular formula is C22H27F3N3O+. The molecule has 2 aromatic rings. The number of nitrogens with one attached hydrogen (secondary N) is 2. The van der Waals surface area contributed by atoms with Gasteiger partial charge >= 0.3 is 6.18 Å². The fraction of sp³-hybridized carbons (Fsp3) is 0.409. The van der Waals surface area contributed by atoms with Gasteiger partial charge in [0.15, 0.2) is 6.54 Å². The van der Waals surface area contributed by atoms with Crippen LogP contribution in [0.25, 0.3) is 0 Å². The number of carbonyl (C=O) groups is 1. The topological polar surface area (TPSA) is 36.8 Å². The van der Waals surface area contributed by atoms with E-state index in [0.29, 0.717) is 31.9 Å². The predicted octanol–water partition coefficient (Wildman–Crippen LogP) is 2.16. The second-order valence-corrected chi connectivity index (χ2v) is 7.40. The summed E-state index contributed by atoms with van der Waals surface area (Å²) in [7, 11) is 0. The summed E-state index contributed by atoms with van der Waals surface area (Å²) in [6.07, 6.45) is -2.50. The lowest BCUT2D eigenvalue weighted by Gasteiger charge is -2.33. The van der Waals surface area contributed by atoms with Gasteiger partial charge in [-0.2, -0.15) is 13.2 Å². The normalized spacial score (nSPS) is 15.3. The first kappa shape index (κ1) is 21.2. The van der Waals surface area contributed by atoms with Gasteiger partial charge in [0.2, 0.25) is 0 Å². The SMILES string of the molecule is O=C(C[NH+]1CCN(c2cccc(C(F)(F)F)c2)CC1)NCCCc1ccccc1. The minimum atomic E-state index is -4.33. The Labute approximate surface area is 169 Å². The molecule has 1 aliphatic heterocycles. The number of nitrogens with zero attached hydrogens (tertiary/aromatic N) is 1. The van der Waals surface area contributed by atoms with E-state index in [1.165, 1.54) is 17.7 Å². The number of anilines is 1. The van der Waals surface area contributed by atoms with Gasteiger partial charge in [-0.3, -0.25) is 4.79 Å². The van der Waals surface area contributed by atoms with Gasteiger partial charge in [0.25, 0.3) is 5.91 Å². The third-order valence-electron chi connectivity index (χ3n) is 5.23. The van der Waals surface area contributed by atoms with Crippen molar-refractivity contribution in [1.29, 1.82) is 0 Å². The number of hydrogen-bond donors (Lipinski definition) is 2. The molecule has 0 bridgehead atoms. The van der Waals surface area contributed by atoms with E-state index in [2.05, 4.69) is 17.4 Å². The average Bonchev–Trinajstić information content (AvgIpc) is 2.72. The Hall–Kier alpha value is -2.54. The highest BCUT2D eigenvalue weighted by Gasteiger charge is 2.31. The van der Waals surface area contributed by atoms with Crippen molar-refractivity contribution in [3.05, 3.63) is 65.7 Å². The van der Waals surface area contributed by atoms with Crippen molar-refractivity contribution >= 4 is 11.6 Å². The summed E-state index contributed by atoms with van der Waals surface area (Å²) in [4.78, 5) is 15.3. The molecule has 4 nitrogen and oxygen atoms in total. The van der Waals surface area contributed by atoms with Crippen LogP contribution in [-0.4, -0.2) is 45.2 Å². The van der Waals surface area contributed by atoms with Crippen molar-refractivity contribution in [2.75, 3.05) is 44.2 Å². The van der Waals surface area contributed by atoms with Crippen LogP contribution < -0.4 is 15.1 Å². The van der Waals surface area contributed by atoms with Gasteiger partial charge in [-0.05, 0) is 36.6 Å². The molecule has 0 aromatic heterocycles. The number of halogens is 3. The molecule has 29 heavy (non-hydrogen) atoms. The van der Waals surface area contributed by atoms with Gasteiger partial charge in [-0.15, -0.1) is 0 Å². The van der Waals surface area contributed by atoms with Gasteiger partial charge in [0, 0.05) is 12.2 Å². The van der Waals surface area contributed by atoms with Crippen LogP contribution in [0.4, 0.5) is 18.9 Å². The smallest absolute Gasteiger partial charge is 0.360 e. The molecule has 1 aliphatic rings. The molecule has 0 saturated carbocycles. The summed E-state index contributed by atoms with van der Waals surface area (Å²) in [6, 6.07) is 15.6. The number of hydrogen-bond acceptors (Lipinski definition) is 2. The fourth-order valence-electron chi connectivity index (χ4n) is 3.59. The quantitative estimate of drug-likeness (QED) is 0.692.